The Morgan fingerprint density at radius 3 is 2.50 bits per heavy atom. The fourth-order valence-corrected chi connectivity index (χ4v) is 2.00. The molecule has 0 amide bonds. The lowest BCUT2D eigenvalue weighted by Crippen LogP contribution is -2.08. The minimum atomic E-state index is 0.216. The number of hydrogen-bond acceptors (Lipinski definition) is 2. The van der Waals surface area contributed by atoms with Gasteiger partial charge in [0.25, 0.3) is 0 Å². The van der Waals surface area contributed by atoms with Crippen molar-refractivity contribution in [3.8, 4) is 0 Å². The van der Waals surface area contributed by atoms with Crippen LogP contribution in [0.15, 0.2) is 23.9 Å². The predicted molar refractivity (Wildman–Crippen MR) is 64.7 cm³/mol. The lowest BCUT2D eigenvalue weighted by molar-refractivity contribution is 0.798. The summed E-state index contributed by atoms with van der Waals surface area (Å²) in [6, 6.07) is 2.12. The van der Waals surface area contributed by atoms with Gasteiger partial charge >= 0.3 is 0 Å². The summed E-state index contributed by atoms with van der Waals surface area (Å²) >= 11 is 1.80. The maximum atomic E-state index is 4.43. The number of hydrogen-bond donors (Lipinski definition) is 0. The lowest BCUT2D eigenvalue weighted by Gasteiger charge is -2.18. The molecule has 0 atom stereocenters. The van der Waals surface area contributed by atoms with Crippen LogP contribution in [-0.4, -0.2) is 9.73 Å². The molecule has 0 aromatic carbocycles. The Balaban J connectivity index is 2.95. The highest BCUT2D eigenvalue weighted by Crippen LogP contribution is 2.32. The van der Waals surface area contributed by atoms with E-state index in [0.717, 1.165) is 10.6 Å². The van der Waals surface area contributed by atoms with Gasteiger partial charge in [-0.15, -0.1) is 11.8 Å². The van der Waals surface area contributed by atoms with Crippen molar-refractivity contribution < 1.29 is 0 Å². The van der Waals surface area contributed by atoms with Gasteiger partial charge in [0.05, 0.1) is 5.03 Å². The van der Waals surface area contributed by atoms with Gasteiger partial charge in [-0.1, -0.05) is 33.4 Å². The van der Waals surface area contributed by atoms with Gasteiger partial charge in [-0.3, -0.25) is 0 Å². The highest BCUT2D eigenvalue weighted by molar-refractivity contribution is 8.00. The number of rotatable bonds is 2. The van der Waals surface area contributed by atoms with Gasteiger partial charge in [0.15, 0.2) is 0 Å². The Kier molecular flexibility index (Phi) is 3.38. The summed E-state index contributed by atoms with van der Waals surface area (Å²) in [6.07, 6.45) is 3.69. The van der Waals surface area contributed by atoms with E-state index in [1.807, 2.05) is 12.3 Å². The first-order chi connectivity index (χ1) is 6.42. The maximum Gasteiger partial charge on any atom is 0.0994 e. The maximum absolute atomic E-state index is 4.43. The molecule has 0 fully saturated rings. The van der Waals surface area contributed by atoms with Crippen molar-refractivity contribution >= 4 is 17.8 Å². The van der Waals surface area contributed by atoms with E-state index in [9.17, 15) is 0 Å². The quantitative estimate of drug-likeness (QED) is 0.682. The molecule has 0 radical (unpaired) electrons. The Morgan fingerprint density at radius 2 is 2.07 bits per heavy atom. The molecular formula is C12H17NS. The third-order valence-electron chi connectivity index (χ3n) is 1.69. The Bertz CT molecular complexity index is 337. The highest BCUT2D eigenvalue weighted by atomic mass is 32.2. The van der Waals surface area contributed by atoms with Crippen LogP contribution >= 0.6 is 11.8 Å². The van der Waals surface area contributed by atoms with Gasteiger partial charge in [0.1, 0.15) is 0 Å². The molecule has 2 heteroatoms. The van der Waals surface area contributed by atoms with E-state index >= 15 is 0 Å². The Hall–Kier alpha value is -0.760. The third kappa shape index (κ3) is 3.18. The van der Waals surface area contributed by atoms with E-state index in [4.69, 9.17) is 0 Å². The monoisotopic (exact) mass is 207 g/mol. The molecule has 0 aliphatic rings. The van der Waals surface area contributed by atoms with Gasteiger partial charge in [-0.05, 0) is 24.1 Å². The van der Waals surface area contributed by atoms with Crippen LogP contribution in [0.5, 0.6) is 0 Å². The third-order valence-corrected chi connectivity index (χ3v) is 2.92. The fraction of sp³-hybridized carbons (Fsp3) is 0.417. The number of thioether (sulfide) groups is 1. The summed E-state index contributed by atoms with van der Waals surface area (Å²) in [6.45, 7) is 12.4. The van der Waals surface area contributed by atoms with E-state index in [1.165, 1.54) is 5.56 Å². The van der Waals surface area contributed by atoms with Crippen molar-refractivity contribution in [2.24, 2.45) is 0 Å². The van der Waals surface area contributed by atoms with Crippen LogP contribution in [0, 0.1) is 6.92 Å². The zero-order valence-corrected chi connectivity index (χ0v) is 10.1. The highest BCUT2D eigenvalue weighted by Gasteiger charge is 2.14. The van der Waals surface area contributed by atoms with Crippen LogP contribution in [0.1, 0.15) is 31.9 Å². The summed E-state index contributed by atoms with van der Waals surface area (Å²) in [4.78, 5) is 4.43. The van der Waals surface area contributed by atoms with Crippen molar-refractivity contribution in [1.82, 2.24) is 4.98 Å². The molecule has 0 bridgehead atoms. The van der Waals surface area contributed by atoms with E-state index < -0.39 is 0 Å². The van der Waals surface area contributed by atoms with E-state index in [1.54, 1.807) is 11.8 Å². The van der Waals surface area contributed by atoms with Gasteiger partial charge in [0.2, 0.25) is 0 Å². The van der Waals surface area contributed by atoms with Crippen LogP contribution in [0.4, 0.5) is 0 Å². The van der Waals surface area contributed by atoms with Gasteiger partial charge in [-0.25, -0.2) is 4.98 Å². The molecule has 0 aliphatic heterocycles. The largest absolute Gasteiger partial charge is 0.249 e. The fourth-order valence-electron chi connectivity index (χ4n) is 1.09. The molecule has 76 valence electrons. The second-order valence-corrected chi connectivity index (χ2v) is 6.12. The second-order valence-electron chi connectivity index (χ2n) is 4.31. The first kappa shape index (κ1) is 11.3. The zero-order valence-electron chi connectivity index (χ0n) is 9.29. The van der Waals surface area contributed by atoms with E-state index in [-0.39, 0.29) is 4.75 Å². The summed E-state index contributed by atoms with van der Waals surface area (Å²) < 4.78 is 0.216. The summed E-state index contributed by atoms with van der Waals surface area (Å²) in [5, 5.41) is 1.11. The smallest absolute Gasteiger partial charge is 0.0994 e. The summed E-state index contributed by atoms with van der Waals surface area (Å²) in [7, 11) is 0. The van der Waals surface area contributed by atoms with Crippen molar-refractivity contribution in [1.29, 1.82) is 0 Å². The molecule has 0 N–H and O–H groups in total. The van der Waals surface area contributed by atoms with Crippen molar-refractivity contribution in [2.75, 3.05) is 0 Å². The normalized spacial score (nSPS) is 11.4. The Morgan fingerprint density at radius 1 is 1.43 bits per heavy atom. The first-order valence-corrected chi connectivity index (χ1v) is 5.52. The van der Waals surface area contributed by atoms with Gasteiger partial charge in [-0.2, -0.15) is 0 Å². The van der Waals surface area contributed by atoms with Gasteiger partial charge in [0, 0.05) is 10.9 Å². The topological polar surface area (TPSA) is 12.9 Å². The van der Waals surface area contributed by atoms with Crippen molar-refractivity contribution in [2.45, 2.75) is 37.5 Å². The minimum absolute atomic E-state index is 0.216. The van der Waals surface area contributed by atoms with Crippen molar-refractivity contribution in [3.05, 3.63) is 30.0 Å². The van der Waals surface area contributed by atoms with Crippen LogP contribution in [0.2, 0.25) is 0 Å². The SMILES string of the molecule is C=Cc1cnc(SC(C)(C)C)c(C)c1. The van der Waals surface area contributed by atoms with Crippen molar-refractivity contribution in [3.63, 3.8) is 0 Å². The van der Waals surface area contributed by atoms with Crippen LogP contribution in [0.3, 0.4) is 0 Å². The molecule has 0 saturated heterocycles. The molecule has 1 nitrogen and oxygen atoms in total. The molecule has 0 aliphatic carbocycles. The minimum Gasteiger partial charge on any atom is -0.249 e. The molecule has 14 heavy (non-hydrogen) atoms. The number of pyridine rings is 1. The summed E-state index contributed by atoms with van der Waals surface area (Å²) in [5.74, 6) is 0. The average Bonchev–Trinajstić information content (AvgIpc) is 2.06. The molecule has 0 unspecified atom stereocenters. The summed E-state index contributed by atoms with van der Waals surface area (Å²) in [5.41, 5.74) is 2.31. The number of nitrogens with zero attached hydrogens (tertiary/aromatic N) is 1. The molecular weight excluding hydrogens is 190 g/mol. The van der Waals surface area contributed by atoms with E-state index in [2.05, 4.69) is 45.3 Å². The molecule has 1 heterocycles. The van der Waals surface area contributed by atoms with Crippen LogP contribution in [-0.2, 0) is 0 Å². The Labute approximate surface area is 90.6 Å². The van der Waals surface area contributed by atoms with E-state index in [0.29, 0.717) is 0 Å². The molecule has 0 spiro atoms. The zero-order chi connectivity index (χ0) is 10.8. The average molecular weight is 207 g/mol. The second kappa shape index (κ2) is 4.18. The molecule has 0 saturated carbocycles. The standard InChI is InChI=1S/C12H17NS/c1-6-10-7-9(2)11(13-8-10)14-12(3,4)5/h6-8H,1H2,2-5H3. The molecule has 1 aromatic rings. The van der Waals surface area contributed by atoms with Crippen LogP contribution < -0.4 is 0 Å². The van der Waals surface area contributed by atoms with Crippen LogP contribution in [0.25, 0.3) is 6.08 Å². The number of aryl methyl sites for hydroxylation is 1. The molecule has 1 aromatic heterocycles. The first-order valence-electron chi connectivity index (χ1n) is 4.70. The number of aromatic nitrogens is 1. The van der Waals surface area contributed by atoms with Gasteiger partial charge < -0.3 is 0 Å². The molecule has 1 rings (SSSR count). The predicted octanol–water partition coefficient (Wildman–Crippen LogP) is 3.92. The lowest BCUT2D eigenvalue weighted by atomic mass is 10.2.